The SMILES string of the molecule is CC=CC(F)S(=O)(=O)c1ccc(C)cc1. The minimum atomic E-state index is -3.87. The molecule has 0 heterocycles. The summed E-state index contributed by atoms with van der Waals surface area (Å²) < 4.78 is 36.5. The molecule has 1 atom stereocenters. The maximum atomic E-state index is 13.3. The van der Waals surface area contributed by atoms with Crippen LogP contribution in [0.25, 0.3) is 0 Å². The molecule has 1 unspecified atom stereocenters. The lowest BCUT2D eigenvalue weighted by atomic mass is 10.2. The van der Waals surface area contributed by atoms with Crippen molar-refractivity contribution in [2.24, 2.45) is 0 Å². The Morgan fingerprint density at radius 3 is 2.27 bits per heavy atom. The monoisotopic (exact) mass is 228 g/mol. The van der Waals surface area contributed by atoms with E-state index >= 15 is 0 Å². The minimum absolute atomic E-state index is 0.0127. The zero-order valence-corrected chi connectivity index (χ0v) is 9.46. The van der Waals surface area contributed by atoms with Crippen LogP contribution in [0.4, 0.5) is 4.39 Å². The quantitative estimate of drug-likeness (QED) is 0.745. The molecule has 0 aliphatic heterocycles. The van der Waals surface area contributed by atoms with Crippen LogP contribution < -0.4 is 0 Å². The molecule has 0 saturated carbocycles. The molecule has 0 aliphatic carbocycles. The third-order valence-corrected chi connectivity index (χ3v) is 3.67. The molecule has 0 N–H and O–H groups in total. The highest BCUT2D eigenvalue weighted by Gasteiger charge is 2.23. The van der Waals surface area contributed by atoms with E-state index in [1.54, 1.807) is 19.1 Å². The molecule has 15 heavy (non-hydrogen) atoms. The van der Waals surface area contributed by atoms with E-state index in [1.807, 2.05) is 6.92 Å². The molecule has 0 saturated heterocycles. The van der Waals surface area contributed by atoms with Gasteiger partial charge in [0.1, 0.15) is 0 Å². The van der Waals surface area contributed by atoms with E-state index in [2.05, 4.69) is 0 Å². The number of sulfone groups is 1. The average Bonchev–Trinajstić information content (AvgIpc) is 2.18. The fraction of sp³-hybridized carbons (Fsp3) is 0.273. The van der Waals surface area contributed by atoms with E-state index in [4.69, 9.17) is 0 Å². The topological polar surface area (TPSA) is 34.1 Å². The Balaban J connectivity index is 3.11. The molecular weight excluding hydrogens is 215 g/mol. The molecular formula is C11H13FO2S. The van der Waals surface area contributed by atoms with Crippen molar-refractivity contribution in [3.63, 3.8) is 0 Å². The van der Waals surface area contributed by atoms with Crippen molar-refractivity contribution in [1.82, 2.24) is 0 Å². The van der Waals surface area contributed by atoms with Gasteiger partial charge in [-0.15, -0.1) is 0 Å². The maximum Gasteiger partial charge on any atom is 0.223 e. The highest BCUT2D eigenvalue weighted by atomic mass is 32.2. The first-order valence-corrected chi connectivity index (χ1v) is 6.10. The Kier molecular flexibility index (Phi) is 3.63. The maximum absolute atomic E-state index is 13.3. The van der Waals surface area contributed by atoms with Crippen LogP contribution in [0.2, 0.25) is 0 Å². The molecule has 2 nitrogen and oxygen atoms in total. The highest BCUT2D eigenvalue weighted by Crippen LogP contribution is 2.18. The van der Waals surface area contributed by atoms with Crippen LogP contribution in [0.3, 0.4) is 0 Å². The number of hydrogen-bond acceptors (Lipinski definition) is 2. The van der Waals surface area contributed by atoms with Gasteiger partial charge in [-0.05, 0) is 32.1 Å². The van der Waals surface area contributed by atoms with Crippen molar-refractivity contribution < 1.29 is 12.8 Å². The first kappa shape index (κ1) is 11.9. The fourth-order valence-electron chi connectivity index (χ4n) is 1.11. The molecule has 1 aromatic rings. The number of hydrogen-bond donors (Lipinski definition) is 0. The smallest absolute Gasteiger partial charge is 0.223 e. The summed E-state index contributed by atoms with van der Waals surface area (Å²) in [7, 11) is -3.87. The van der Waals surface area contributed by atoms with E-state index in [1.165, 1.54) is 18.2 Å². The van der Waals surface area contributed by atoms with Crippen LogP contribution in [0.5, 0.6) is 0 Å². The summed E-state index contributed by atoms with van der Waals surface area (Å²) in [5.74, 6) is 0. The minimum Gasteiger partial charge on any atom is -0.225 e. The van der Waals surface area contributed by atoms with Crippen LogP contribution in [0.1, 0.15) is 12.5 Å². The molecule has 0 amide bonds. The standard InChI is InChI=1S/C11H13FO2S/c1-3-4-11(12)15(13,14)10-7-5-9(2)6-8-10/h3-8,11H,1-2H3. The molecule has 4 heteroatoms. The molecule has 0 fully saturated rings. The van der Waals surface area contributed by atoms with E-state index in [0.717, 1.165) is 11.6 Å². The molecule has 1 aromatic carbocycles. The van der Waals surface area contributed by atoms with Crippen molar-refractivity contribution in [2.75, 3.05) is 0 Å². The predicted octanol–water partition coefficient (Wildman–Crippen LogP) is 2.64. The van der Waals surface area contributed by atoms with E-state index in [-0.39, 0.29) is 4.90 Å². The van der Waals surface area contributed by atoms with Gasteiger partial charge in [-0.2, -0.15) is 0 Å². The van der Waals surface area contributed by atoms with Gasteiger partial charge in [0, 0.05) is 0 Å². The Labute approximate surface area is 89.4 Å². The first-order chi connectivity index (χ1) is 6.98. The van der Waals surface area contributed by atoms with E-state index < -0.39 is 15.3 Å². The third-order valence-electron chi connectivity index (χ3n) is 1.99. The van der Waals surface area contributed by atoms with Gasteiger partial charge >= 0.3 is 0 Å². The summed E-state index contributed by atoms with van der Waals surface area (Å²) in [5, 5.41) is 0. The first-order valence-electron chi connectivity index (χ1n) is 4.56. The Morgan fingerprint density at radius 1 is 1.27 bits per heavy atom. The number of aryl methyl sites for hydroxylation is 1. The van der Waals surface area contributed by atoms with Gasteiger partial charge in [0.15, 0.2) is 0 Å². The number of halogens is 1. The zero-order valence-electron chi connectivity index (χ0n) is 8.64. The summed E-state index contributed by atoms with van der Waals surface area (Å²) in [4.78, 5) is 0.0127. The van der Waals surface area contributed by atoms with E-state index in [0.29, 0.717) is 0 Å². The number of alkyl halides is 1. The predicted molar refractivity (Wildman–Crippen MR) is 58.1 cm³/mol. The van der Waals surface area contributed by atoms with Crippen molar-refractivity contribution >= 4 is 9.84 Å². The third kappa shape index (κ3) is 2.65. The van der Waals surface area contributed by atoms with Crippen molar-refractivity contribution in [1.29, 1.82) is 0 Å². The second-order valence-electron chi connectivity index (χ2n) is 3.24. The van der Waals surface area contributed by atoms with Gasteiger partial charge in [-0.1, -0.05) is 23.8 Å². The van der Waals surface area contributed by atoms with Gasteiger partial charge in [-0.25, -0.2) is 12.8 Å². The molecule has 0 bridgehead atoms. The molecule has 1 rings (SSSR count). The van der Waals surface area contributed by atoms with Crippen molar-refractivity contribution in [3.05, 3.63) is 42.0 Å². The Bertz CT molecular complexity index is 446. The van der Waals surface area contributed by atoms with E-state index in [9.17, 15) is 12.8 Å². The summed E-state index contributed by atoms with van der Waals surface area (Å²) >= 11 is 0. The van der Waals surface area contributed by atoms with Crippen molar-refractivity contribution in [3.8, 4) is 0 Å². The lowest BCUT2D eigenvalue weighted by Gasteiger charge is -2.05. The summed E-state index contributed by atoms with van der Waals surface area (Å²) in [6, 6.07) is 6.13. The van der Waals surface area contributed by atoms with Crippen LogP contribution >= 0.6 is 0 Å². The van der Waals surface area contributed by atoms with Crippen LogP contribution in [-0.2, 0) is 9.84 Å². The van der Waals surface area contributed by atoms with Gasteiger partial charge in [-0.3, -0.25) is 0 Å². The second-order valence-corrected chi connectivity index (χ2v) is 5.25. The van der Waals surface area contributed by atoms with Crippen LogP contribution in [-0.4, -0.2) is 13.9 Å². The van der Waals surface area contributed by atoms with Crippen molar-refractivity contribution in [2.45, 2.75) is 24.2 Å². The largest absolute Gasteiger partial charge is 0.225 e. The second kappa shape index (κ2) is 4.57. The fourth-order valence-corrected chi connectivity index (χ4v) is 2.25. The summed E-state index contributed by atoms with van der Waals surface area (Å²) in [5.41, 5.74) is -1.03. The van der Waals surface area contributed by atoms with Crippen LogP contribution in [0.15, 0.2) is 41.3 Å². The Morgan fingerprint density at radius 2 is 1.80 bits per heavy atom. The number of benzene rings is 1. The lowest BCUT2D eigenvalue weighted by molar-refractivity contribution is 0.473. The van der Waals surface area contributed by atoms with Gasteiger partial charge in [0.25, 0.3) is 0 Å². The molecule has 0 spiro atoms. The average molecular weight is 228 g/mol. The Hall–Kier alpha value is -1.16. The lowest BCUT2D eigenvalue weighted by Crippen LogP contribution is -2.13. The highest BCUT2D eigenvalue weighted by molar-refractivity contribution is 7.92. The van der Waals surface area contributed by atoms with Gasteiger partial charge < -0.3 is 0 Å². The molecule has 0 radical (unpaired) electrons. The number of allylic oxidation sites excluding steroid dienone is 1. The molecule has 0 aliphatic rings. The normalized spacial score (nSPS) is 14.3. The summed E-state index contributed by atoms with van der Waals surface area (Å²) in [6.45, 7) is 3.42. The van der Waals surface area contributed by atoms with Gasteiger partial charge in [0.05, 0.1) is 4.90 Å². The van der Waals surface area contributed by atoms with Crippen LogP contribution in [0, 0.1) is 6.92 Å². The number of rotatable bonds is 3. The summed E-state index contributed by atoms with van der Waals surface area (Å²) in [6.07, 6.45) is 2.41. The molecule has 0 aromatic heterocycles. The molecule has 82 valence electrons. The van der Waals surface area contributed by atoms with Gasteiger partial charge in [0.2, 0.25) is 15.3 Å². The zero-order chi connectivity index (χ0) is 11.5.